The first-order chi connectivity index (χ1) is 30.7. The van der Waals surface area contributed by atoms with Crippen molar-refractivity contribution in [3.8, 4) is 90.2 Å². The Balaban J connectivity index is 0.965. The summed E-state index contributed by atoms with van der Waals surface area (Å²) in [5, 5.41) is 0. The number of hydrogen-bond acceptors (Lipinski definition) is 4. The average Bonchev–Trinajstić information content (AvgIpc) is 3.65. The summed E-state index contributed by atoms with van der Waals surface area (Å²) in [6, 6.07) is 79.0. The van der Waals surface area contributed by atoms with Crippen LogP contribution in [0.15, 0.2) is 224 Å². The molecule has 2 heterocycles. The summed E-state index contributed by atoms with van der Waals surface area (Å²) in [4.78, 5) is 15.4. The third kappa shape index (κ3) is 5.80. The number of benzene rings is 9. The highest BCUT2D eigenvalue weighted by atomic mass is 16.5. The minimum atomic E-state index is -0.506. The first-order valence-corrected chi connectivity index (χ1v) is 21.0. The van der Waals surface area contributed by atoms with E-state index in [9.17, 15) is 0 Å². The van der Waals surface area contributed by atoms with Crippen molar-refractivity contribution in [2.24, 2.45) is 0 Å². The lowest BCUT2D eigenvalue weighted by Crippen LogP contribution is -2.32. The molecule has 0 saturated heterocycles. The Morgan fingerprint density at radius 2 is 0.645 bits per heavy atom. The lowest BCUT2D eigenvalue weighted by atomic mass is 9.66. The standard InChI is InChI=1S/C58H37N3O/c1-3-14-38(15-4-1)40-26-30-42(31-27-40)55-59-56(43-32-28-41(29-33-43)39-16-5-2-6-17-39)61-57(60-55)46-19-13-18-44(36-46)45-34-35-52-54(37-45)62-53-25-12-11-24-51(53)58(52)49-22-9-7-20-47(49)48-21-8-10-23-50(48)58/h1-37H. The van der Waals surface area contributed by atoms with Crippen molar-refractivity contribution in [3.63, 3.8) is 0 Å². The Kier molecular flexibility index (Phi) is 8.36. The molecule has 1 aliphatic heterocycles. The maximum atomic E-state index is 6.84. The van der Waals surface area contributed by atoms with Gasteiger partial charge in [-0.25, -0.2) is 15.0 Å². The molecule has 0 bridgehead atoms. The van der Waals surface area contributed by atoms with Crippen LogP contribution >= 0.6 is 0 Å². The number of hydrogen-bond donors (Lipinski definition) is 0. The number of para-hydroxylation sites is 1. The Bertz CT molecular complexity index is 3160. The molecule has 0 atom stereocenters. The third-order valence-corrected chi connectivity index (χ3v) is 12.4. The highest BCUT2D eigenvalue weighted by molar-refractivity contribution is 5.89. The summed E-state index contributed by atoms with van der Waals surface area (Å²) in [5.74, 6) is 3.56. The molecule has 0 unspecified atom stereocenters. The van der Waals surface area contributed by atoms with Gasteiger partial charge in [-0.15, -0.1) is 0 Å². The fraction of sp³-hybridized carbons (Fsp3) is 0.0172. The Morgan fingerprint density at radius 3 is 1.23 bits per heavy atom. The third-order valence-electron chi connectivity index (χ3n) is 12.4. The molecule has 10 aromatic rings. The molecule has 1 spiro atoms. The average molecular weight is 792 g/mol. The van der Waals surface area contributed by atoms with Gasteiger partial charge in [-0.3, -0.25) is 0 Å². The van der Waals surface area contributed by atoms with Gasteiger partial charge in [-0.1, -0.05) is 206 Å². The lowest BCUT2D eigenvalue weighted by molar-refractivity contribution is 0.436. The second-order valence-corrected chi connectivity index (χ2v) is 15.9. The number of rotatable bonds is 6. The van der Waals surface area contributed by atoms with Crippen LogP contribution in [0.3, 0.4) is 0 Å². The van der Waals surface area contributed by atoms with Gasteiger partial charge in [0.15, 0.2) is 17.5 Å². The zero-order valence-corrected chi connectivity index (χ0v) is 33.6. The molecule has 2 aliphatic rings. The fourth-order valence-electron chi connectivity index (χ4n) is 9.53. The predicted molar refractivity (Wildman–Crippen MR) is 250 cm³/mol. The Hall–Kier alpha value is -8.21. The summed E-state index contributed by atoms with van der Waals surface area (Å²) in [6.07, 6.45) is 0. The van der Waals surface area contributed by atoms with Crippen LogP contribution in [0.25, 0.3) is 78.7 Å². The van der Waals surface area contributed by atoms with Crippen molar-refractivity contribution in [2.45, 2.75) is 5.41 Å². The van der Waals surface area contributed by atoms with Crippen molar-refractivity contribution in [2.75, 3.05) is 0 Å². The molecule has 1 aliphatic carbocycles. The van der Waals surface area contributed by atoms with Crippen molar-refractivity contribution in [3.05, 3.63) is 247 Å². The maximum absolute atomic E-state index is 6.84. The van der Waals surface area contributed by atoms with Crippen LogP contribution in [0, 0.1) is 0 Å². The molecule has 12 rings (SSSR count). The first kappa shape index (κ1) is 35.7. The van der Waals surface area contributed by atoms with Gasteiger partial charge in [0.2, 0.25) is 0 Å². The number of fused-ring (bicyclic) bond motifs is 9. The predicted octanol–water partition coefficient (Wildman–Crippen LogP) is 14.3. The van der Waals surface area contributed by atoms with E-state index in [2.05, 4.69) is 212 Å². The summed E-state index contributed by atoms with van der Waals surface area (Å²) >= 11 is 0. The molecule has 0 saturated carbocycles. The van der Waals surface area contributed by atoms with Gasteiger partial charge >= 0.3 is 0 Å². The molecule has 0 fully saturated rings. The summed E-state index contributed by atoms with van der Waals surface area (Å²) < 4.78 is 6.84. The summed E-state index contributed by atoms with van der Waals surface area (Å²) in [5.41, 5.74) is 16.3. The van der Waals surface area contributed by atoms with Gasteiger partial charge in [0.05, 0.1) is 5.41 Å². The van der Waals surface area contributed by atoms with Gasteiger partial charge < -0.3 is 4.74 Å². The minimum Gasteiger partial charge on any atom is -0.457 e. The molecule has 9 aromatic carbocycles. The van der Waals surface area contributed by atoms with Crippen LogP contribution in [-0.2, 0) is 5.41 Å². The van der Waals surface area contributed by atoms with Crippen LogP contribution in [0.1, 0.15) is 22.3 Å². The smallest absolute Gasteiger partial charge is 0.164 e. The quantitative estimate of drug-likeness (QED) is 0.168. The molecular weight excluding hydrogens is 755 g/mol. The fourth-order valence-corrected chi connectivity index (χ4v) is 9.53. The normalized spacial score (nSPS) is 12.8. The second kappa shape index (κ2) is 14.5. The Morgan fingerprint density at radius 1 is 0.258 bits per heavy atom. The van der Waals surface area contributed by atoms with Crippen LogP contribution in [0.2, 0.25) is 0 Å². The van der Waals surface area contributed by atoms with E-state index in [0.717, 1.165) is 72.7 Å². The molecule has 0 N–H and O–H groups in total. The molecule has 4 heteroatoms. The van der Waals surface area contributed by atoms with E-state index >= 15 is 0 Å². The highest BCUT2D eigenvalue weighted by Gasteiger charge is 2.50. The molecule has 62 heavy (non-hydrogen) atoms. The SMILES string of the molecule is c1ccc(-c2ccc(-c3nc(-c4ccc(-c5ccccc5)cc4)nc(-c4cccc(-c5ccc6c(c5)Oc5ccccc5C65c6ccccc6-c6ccccc65)c4)n3)cc2)cc1. The van der Waals surface area contributed by atoms with Crippen LogP contribution in [-0.4, -0.2) is 15.0 Å². The molecular formula is C58H37N3O. The van der Waals surface area contributed by atoms with Crippen molar-refractivity contribution in [1.29, 1.82) is 0 Å². The minimum absolute atomic E-state index is 0.506. The molecule has 0 amide bonds. The monoisotopic (exact) mass is 791 g/mol. The van der Waals surface area contributed by atoms with Crippen LogP contribution < -0.4 is 4.74 Å². The van der Waals surface area contributed by atoms with E-state index in [-0.39, 0.29) is 0 Å². The van der Waals surface area contributed by atoms with Crippen molar-refractivity contribution >= 4 is 0 Å². The number of aromatic nitrogens is 3. The van der Waals surface area contributed by atoms with Crippen molar-refractivity contribution < 1.29 is 4.74 Å². The summed E-state index contributed by atoms with van der Waals surface area (Å²) in [7, 11) is 0. The molecule has 1 aromatic heterocycles. The maximum Gasteiger partial charge on any atom is 0.164 e. The lowest BCUT2D eigenvalue weighted by Gasteiger charge is -2.39. The first-order valence-electron chi connectivity index (χ1n) is 21.0. The van der Waals surface area contributed by atoms with Gasteiger partial charge in [0, 0.05) is 27.8 Å². The van der Waals surface area contributed by atoms with Gasteiger partial charge in [0.1, 0.15) is 11.5 Å². The topological polar surface area (TPSA) is 47.9 Å². The van der Waals surface area contributed by atoms with Gasteiger partial charge in [-0.05, 0) is 73.8 Å². The number of nitrogens with zero attached hydrogens (tertiary/aromatic N) is 3. The van der Waals surface area contributed by atoms with Gasteiger partial charge in [-0.2, -0.15) is 0 Å². The van der Waals surface area contributed by atoms with Gasteiger partial charge in [0.25, 0.3) is 0 Å². The molecule has 290 valence electrons. The highest BCUT2D eigenvalue weighted by Crippen LogP contribution is 2.62. The van der Waals surface area contributed by atoms with E-state index in [4.69, 9.17) is 19.7 Å². The Labute approximate surface area is 360 Å². The zero-order chi connectivity index (χ0) is 41.0. The largest absolute Gasteiger partial charge is 0.457 e. The van der Waals surface area contributed by atoms with E-state index in [1.807, 2.05) is 12.1 Å². The molecule has 4 nitrogen and oxygen atoms in total. The van der Waals surface area contributed by atoms with E-state index in [1.165, 1.54) is 22.3 Å². The number of ether oxygens (including phenoxy) is 1. The van der Waals surface area contributed by atoms with E-state index < -0.39 is 5.41 Å². The van der Waals surface area contributed by atoms with Crippen LogP contribution in [0.4, 0.5) is 0 Å². The van der Waals surface area contributed by atoms with E-state index in [0.29, 0.717) is 17.5 Å². The molecule has 0 radical (unpaired) electrons. The summed E-state index contributed by atoms with van der Waals surface area (Å²) in [6.45, 7) is 0. The second-order valence-electron chi connectivity index (χ2n) is 15.9. The zero-order valence-electron chi connectivity index (χ0n) is 33.6. The van der Waals surface area contributed by atoms with Crippen LogP contribution in [0.5, 0.6) is 11.5 Å². The van der Waals surface area contributed by atoms with E-state index in [1.54, 1.807) is 0 Å². The van der Waals surface area contributed by atoms with Crippen molar-refractivity contribution in [1.82, 2.24) is 15.0 Å².